The van der Waals surface area contributed by atoms with E-state index in [1.165, 1.54) is 24.0 Å². The fourth-order valence-electron chi connectivity index (χ4n) is 4.39. The molecule has 1 aliphatic rings. The molecule has 7 heteroatoms. The Hall–Kier alpha value is -2.67. The van der Waals surface area contributed by atoms with Gasteiger partial charge in [0.15, 0.2) is 17.0 Å². The molecule has 0 unspecified atom stereocenters. The minimum Gasteiger partial charge on any atom is -0.368 e. The van der Waals surface area contributed by atoms with Crippen LogP contribution in [0, 0.1) is 5.92 Å². The van der Waals surface area contributed by atoms with Crippen molar-refractivity contribution in [3.05, 3.63) is 41.7 Å². The van der Waals surface area contributed by atoms with Crippen LogP contribution in [0.4, 0.5) is 11.8 Å². The van der Waals surface area contributed by atoms with Crippen molar-refractivity contribution < 1.29 is 0 Å². The van der Waals surface area contributed by atoms with Crippen LogP contribution in [-0.4, -0.2) is 38.7 Å². The number of hydrogen-bond acceptors (Lipinski definition) is 6. The number of imidazole rings is 1. The van der Waals surface area contributed by atoms with Crippen molar-refractivity contribution in [2.45, 2.75) is 71.4 Å². The van der Waals surface area contributed by atoms with Gasteiger partial charge in [-0.25, -0.2) is 4.98 Å². The summed E-state index contributed by atoms with van der Waals surface area (Å²) in [6, 6.07) is 9.51. The van der Waals surface area contributed by atoms with Crippen molar-refractivity contribution in [1.29, 1.82) is 0 Å². The van der Waals surface area contributed by atoms with Gasteiger partial charge >= 0.3 is 0 Å². The summed E-state index contributed by atoms with van der Waals surface area (Å²) in [6.07, 6.45) is 8.43. The summed E-state index contributed by atoms with van der Waals surface area (Å²) in [6.45, 7) is 8.16. The number of hydrogen-bond donors (Lipinski definition) is 3. The third kappa shape index (κ3) is 5.38. The standard InChI is InChI=1S/C25H37N7/c1-4-18-5-7-19(8-6-18)13-14-27-23-22-24(32(16-29-22)17(2)3)31-25(30-23)28-15-20-9-11-21(26)12-10-20/h5-8,16-17,20-21H,4,9-15,26H2,1-3H3,(H2,27,28,30,31). The van der Waals surface area contributed by atoms with Gasteiger partial charge in [0.25, 0.3) is 0 Å². The number of aromatic nitrogens is 4. The van der Waals surface area contributed by atoms with Crippen LogP contribution in [-0.2, 0) is 12.8 Å². The van der Waals surface area contributed by atoms with Crippen LogP contribution in [0.1, 0.15) is 63.6 Å². The first-order valence-electron chi connectivity index (χ1n) is 12.1. The maximum atomic E-state index is 6.06. The number of fused-ring (bicyclic) bond motifs is 1. The second-order valence-corrected chi connectivity index (χ2v) is 9.32. The lowest BCUT2D eigenvalue weighted by molar-refractivity contribution is 0.338. The molecule has 1 saturated carbocycles. The molecule has 2 heterocycles. The van der Waals surface area contributed by atoms with Crippen molar-refractivity contribution in [3.8, 4) is 0 Å². The predicted molar refractivity (Wildman–Crippen MR) is 132 cm³/mol. The zero-order valence-electron chi connectivity index (χ0n) is 19.6. The van der Waals surface area contributed by atoms with Gasteiger partial charge in [-0.3, -0.25) is 0 Å². The molecule has 0 amide bonds. The van der Waals surface area contributed by atoms with Crippen molar-refractivity contribution in [3.63, 3.8) is 0 Å². The molecule has 0 saturated heterocycles. The quantitative estimate of drug-likeness (QED) is 0.456. The zero-order chi connectivity index (χ0) is 22.5. The molecular formula is C25H37N7. The first kappa shape index (κ1) is 22.5. The molecule has 0 radical (unpaired) electrons. The molecule has 1 aliphatic carbocycles. The summed E-state index contributed by atoms with van der Waals surface area (Å²) in [4.78, 5) is 14.2. The second-order valence-electron chi connectivity index (χ2n) is 9.32. The number of nitrogens with two attached hydrogens (primary N) is 1. The van der Waals surface area contributed by atoms with Gasteiger partial charge in [-0.1, -0.05) is 31.2 Å². The van der Waals surface area contributed by atoms with Crippen LogP contribution in [0.2, 0.25) is 0 Å². The molecule has 172 valence electrons. The number of rotatable bonds is 9. The van der Waals surface area contributed by atoms with Crippen LogP contribution >= 0.6 is 0 Å². The Morgan fingerprint density at radius 3 is 2.44 bits per heavy atom. The average Bonchev–Trinajstić information content (AvgIpc) is 3.24. The van der Waals surface area contributed by atoms with E-state index in [1.807, 2.05) is 6.33 Å². The van der Waals surface area contributed by atoms with Gasteiger partial charge < -0.3 is 20.9 Å². The van der Waals surface area contributed by atoms with Gasteiger partial charge in [0.05, 0.1) is 6.33 Å². The molecule has 0 atom stereocenters. The molecule has 3 aromatic rings. The third-order valence-corrected chi connectivity index (χ3v) is 6.56. The highest BCUT2D eigenvalue weighted by Gasteiger charge is 2.20. The fraction of sp³-hybridized carbons (Fsp3) is 0.560. The Morgan fingerprint density at radius 1 is 1.03 bits per heavy atom. The van der Waals surface area contributed by atoms with Crippen molar-refractivity contribution in [1.82, 2.24) is 19.5 Å². The Bertz CT molecular complexity index is 1000. The zero-order valence-corrected chi connectivity index (χ0v) is 19.6. The van der Waals surface area contributed by atoms with E-state index in [0.29, 0.717) is 17.9 Å². The summed E-state index contributed by atoms with van der Waals surface area (Å²) in [7, 11) is 0. The van der Waals surface area contributed by atoms with Crippen LogP contribution < -0.4 is 16.4 Å². The molecule has 7 nitrogen and oxygen atoms in total. The first-order chi connectivity index (χ1) is 15.5. The van der Waals surface area contributed by atoms with E-state index in [1.54, 1.807) is 0 Å². The highest BCUT2D eigenvalue weighted by Crippen LogP contribution is 2.26. The van der Waals surface area contributed by atoms with Crippen LogP contribution in [0.15, 0.2) is 30.6 Å². The minimum absolute atomic E-state index is 0.285. The highest BCUT2D eigenvalue weighted by atomic mass is 15.2. The maximum absolute atomic E-state index is 6.06. The Morgan fingerprint density at radius 2 is 1.75 bits per heavy atom. The van der Waals surface area contributed by atoms with Gasteiger partial charge in [-0.05, 0) is 69.4 Å². The molecule has 4 rings (SSSR count). The average molecular weight is 436 g/mol. The van der Waals surface area contributed by atoms with E-state index in [9.17, 15) is 0 Å². The van der Waals surface area contributed by atoms with Gasteiger partial charge in [0.1, 0.15) is 0 Å². The lowest BCUT2D eigenvalue weighted by Crippen LogP contribution is -2.29. The summed E-state index contributed by atoms with van der Waals surface area (Å²) in [5.74, 6) is 2.10. The van der Waals surface area contributed by atoms with E-state index in [-0.39, 0.29) is 6.04 Å². The molecular weight excluding hydrogens is 398 g/mol. The molecule has 4 N–H and O–H groups in total. The normalized spacial score (nSPS) is 18.9. The van der Waals surface area contributed by atoms with Crippen LogP contribution in [0.5, 0.6) is 0 Å². The smallest absolute Gasteiger partial charge is 0.226 e. The molecule has 0 bridgehead atoms. The first-order valence-corrected chi connectivity index (χ1v) is 12.1. The van der Waals surface area contributed by atoms with Crippen molar-refractivity contribution in [2.75, 3.05) is 23.7 Å². The van der Waals surface area contributed by atoms with Crippen LogP contribution in [0.25, 0.3) is 11.2 Å². The van der Waals surface area contributed by atoms with Crippen molar-refractivity contribution >= 4 is 22.9 Å². The molecule has 0 aliphatic heterocycles. The van der Waals surface area contributed by atoms with E-state index >= 15 is 0 Å². The van der Waals surface area contributed by atoms with E-state index in [4.69, 9.17) is 15.7 Å². The fourth-order valence-corrected chi connectivity index (χ4v) is 4.39. The summed E-state index contributed by atoms with van der Waals surface area (Å²) in [5, 5.41) is 7.01. The number of nitrogens with zero attached hydrogens (tertiary/aromatic N) is 4. The van der Waals surface area contributed by atoms with Gasteiger partial charge in [-0.15, -0.1) is 0 Å². The predicted octanol–water partition coefficient (Wildman–Crippen LogP) is 4.55. The molecule has 32 heavy (non-hydrogen) atoms. The number of aryl methyl sites for hydroxylation is 1. The summed E-state index contributed by atoms with van der Waals surface area (Å²) < 4.78 is 2.11. The molecule has 1 fully saturated rings. The maximum Gasteiger partial charge on any atom is 0.226 e. The summed E-state index contributed by atoms with van der Waals surface area (Å²) in [5.41, 5.74) is 10.5. The monoisotopic (exact) mass is 435 g/mol. The number of benzene rings is 1. The SMILES string of the molecule is CCc1ccc(CCNc2nc(NCC3CCC(N)CC3)nc3c2ncn3C(C)C)cc1. The largest absolute Gasteiger partial charge is 0.368 e. The minimum atomic E-state index is 0.285. The Balaban J connectivity index is 1.47. The second kappa shape index (κ2) is 10.3. The third-order valence-electron chi connectivity index (χ3n) is 6.56. The van der Waals surface area contributed by atoms with E-state index < -0.39 is 0 Å². The van der Waals surface area contributed by atoms with Gasteiger partial charge in [-0.2, -0.15) is 9.97 Å². The lowest BCUT2D eigenvalue weighted by atomic mass is 9.86. The van der Waals surface area contributed by atoms with Gasteiger partial charge in [0.2, 0.25) is 5.95 Å². The molecule has 2 aromatic heterocycles. The molecule has 1 aromatic carbocycles. The Kier molecular flexibility index (Phi) is 7.25. The van der Waals surface area contributed by atoms with Gasteiger partial charge in [0, 0.05) is 25.2 Å². The number of nitrogens with one attached hydrogen (secondary N) is 2. The van der Waals surface area contributed by atoms with E-state index in [2.05, 4.69) is 65.2 Å². The van der Waals surface area contributed by atoms with E-state index in [0.717, 1.165) is 55.8 Å². The molecule has 0 spiro atoms. The van der Waals surface area contributed by atoms with Crippen molar-refractivity contribution in [2.24, 2.45) is 11.7 Å². The summed E-state index contributed by atoms with van der Waals surface area (Å²) >= 11 is 0. The Labute approximate surface area is 191 Å². The van der Waals surface area contributed by atoms with Crippen LogP contribution in [0.3, 0.4) is 0 Å². The number of anilines is 2. The topological polar surface area (TPSA) is 93.7 Å². The highest BCUT2D eigenvalue weighted by molar-refractivity contribution is 5.84. The lowest BCUT2D eigenvalue weighted by Gasteiger charge is -2.26.